The van der Waals surface area contributed by atoms with Crippen molar-refractivity contribution in [3.8, 4) is 0 Å². The number of rotatable bonds is 3. The molecule has 0 bridgehead atoms. The van der Waals surface area contributed by atoms with E-state index in [0.717, 1.165) is 31.4 Å². The van der Waals surface area contributed by atoms with Crippen molar-refractivity contribution in [2.45, 2.75) is 38.5 Å². The third-order valence-corrected chi connectivity index (χ3v) is 6.40. The molecule has 1 aromatic rings. The molecule has 6 nitrogen and oxygen atoms in total. The summed E-state index contributed by atoms with van der Waals surface area (Å²) in [5.74, 6) is 0.237. The molecule has 0 radical (unpaired) electrons. The number of benzene rings is 1. The van der Waals surface area contributed by atoms with Gasteiger partial charge in [-0.3, -0.25) is 14.4 Å². The molecule has 1 aromatic carbocycles. The van der Waals surface area contributed by atoms with E-state index < -0.39 is 0 Å². The predicted molar refractivity (Wildman–Crippen MR) is 107 cm³/mol. The van der Waals surface area contributed by atoms with Gasteiger partial charge in [0.1, 0.15) is 0 Å². The number of anilines is 1. The maximum atomic E-state index is 12.9. The van der Waals surface area contributed by atoms with E-state index in [0.29, 0.717) is 32.7 Å². The molecule has 0 aromatic heterocycles. The third-order valence-electron chi connectivity index (χ3n) is 6.40. The molecule has 4 rings (SSSR count). The number of para-hydroxylation sites is 1. The second kappa shape index (κ2) is 8.33. The van der Waals surface area contributed by atoms with E-state index in [4.69, 9.17) is 0 Å². The molecule has 2 aliphatic heterocycles. The van der Waals surface area contributed by atoms with Crippen LogP contribution in [-0.2, 0) is 14.4 Å². The van der Waals surface area contributed by atoms with Crippen molar-refractivity contribution < 1.29 is 14.4 Å². The highest BCUT2D eigenvalue weighted by Crippen LogP contribution is 2.28. The van der Waals surface area contributed by atoms with Gasteiger partial charge in [-0.1, -0.05) is 37.5 Å². The molecule has 2 heterocycles. The van der Waals surface area contributed by atoms with Crippen LogP contribution >= 0.6 is 0 Å². The quantitative estimate of drug-likeness (QED) is 0.805. The SMILES string of the molecule is O=C(C1CCCCC1)N1CCN(C(=O)C2CC(=O)N(c3ccccc3)C2)CC1. The van der Waals surface area contributed by atoms with E-state index in [9.17, 15) is 14.4 Å². The van der Waals surface area contributed by atoms with Crippen molar-refractivity contribution in [2.24, 2.45) is 11.8 Å². The second-order valence-electron chi connectivity index (χ2n) is 8.23. The lowest BCUT2D eigenvalue weighted by Gasteiger charge is -2.38. The molecular weight excluding hydrogens is 354 g/mol. The second-order valence-corrected chi connectivity index (χ2v) is 8.23. The van der Waals surface area contributed by atoms with Crippen LogP contribution in [0.2, 0.25) is 0 Å². The lowest BCUT2D eigenvalue weighted by atomic mass is 9.88. The number of hydrogen-bond donors (Lipinski definition) is 0. The van der Waals surface area contributed by atoms with Gasteiger partial charge < -0.3 is 14.7 Å². The zero-order valence-corrected chi connectivity index (χ0v) is 16.4. The molecule has 3 fully saturated rings. The van der Waals surface area contributed by atoms with Gasteiger partial charge in [0, 0.05) is 50.7 Å². The number of hydrogen-bond acceptors (Lipinski definition) is 3. The molecule has 3 aliphatic rings. The Morgan fingerprint density at radius 3 is 1.96 bits per heavy atom. The Labute approximate surface area is 166 Å². The number of piperazine rings is 1. The van der Waals surface area contributed by atoms with Crippen molar-refractivity contribution in [3.63, 3.8) is 0 Å². The molecular formula is C22H29N3O3. The molecule has 6 heteroatoms. The Hall–Kier alpha value is -2.37. The number of carbonyl (C=O) groups excluding carboxylic acids is 3. The fourth-order valence-corrected chi connectivity index (χ4v) is 4.74. The van der Waals surface area contributed by atoms with E-state index in [1.807, 2.05) is 40.1 Å². The Morgan fingerprint density at radius 1 is 0.786 bits per heavy atom. The highest BCUT2D eigenvalue weighted by Gasteiger charge is 2.38. The van der Waals surface area contributed by atoms with Gasteiger partial charge in [-0.05, 0) is 25.0 Å². The van der Waals surface area contributed by atoms with Gasteiger partial charge in [0.15, 0.2) is 0 Å². The van der Waals surface area contributed by atoms with Crippen molar-refractivity contribution >= 4 is 23.4 Å². The summed E-state index contributed by atoms with van der Waals surface area (Å²) in [6.45, 7) is 2.83. The lowest BCUT2D eigenvalue weighted by molar-refractivity contribution is -0.144. The molecule has 1 unspecified atom stereocenters. The summed E-state index contributed by atoms with van der Waals surface area (Å²) in [7, 11) is 0. The van der Waals surface area contributed by atoms with Crippen molar-refractivity contribution in [1.29, 1.82) is 0 Å². The van der Waals surface area contributed by atoms with Crippen molar-refractivity contribution in [3.05, 3.63) is 30.3 Å². The van der Waals surface area contributed by atoms with Gasteiger partial charge in [0.2, 0.25) is 17.7 Å². The number of amides is 3. The minimum Gasteiger partial charge on any atom is -0.339 e. The molecule has 0 N–H and O–H groups in total. The van der Waals surface area contributed by atoms with Gasteiger partial charge in [-0.25, -0.2) is 0 Å². The molecule has 28 heavy (non-hydrogen) atoms. The Balaban J connectivity index is 1.31. The number of carbonyl (C=O) groups is 3. The van der Waals surface area contributed by atoms with Crippen molar-refractivity contribution in [2.75, 3.05) is 37.6 Å². The van der Waals surface area contributed by atoms with Crippen LogP contribution in [0.1, 0.15) is 38.5 Å². The standard InChI is InChI=1S/C22H29N3O3/c26-20-15-18(16-25(20)19-9-5-2-6-10-19)22(28)24-13-11-23(12-14-24)21(27)17-7-3-1-4-8-17/h2,5-6,9-10,17-18H,1,3-4,7-8,11-16H2. The molecule has 0 spiro atoms. The molecule has 1 atom stereocenters. The smallest absolute Gasteiger partial charge is 0.228 e. The largest absolute Gasteiger partial charge is 0.339 e. The van der Waals surface area contributed by atoms with Crippen LogP contribution in [0.5, 0.6) is 0 Å². The summed E-state index contributed by atoms with van der Waals surface area (Å²) in [4.78, 5) is 43.5. The summed E-state index contributed by atoms with van der Waals surface area (Å²) in [5, 5.41) is 0. The normalized spacial score (nSPS) is 23.9. The average molecular weight is 383 g/mol. The molecule has 1 aliphatic carbocycles. The maximum absolute atomic E-state index is 12.9. The molecule has 150 valence electrons. The van der Waals surface area contributed by atoms with E-state index in [-0.39, 0.29) is 36.0 Å². The average Bonchev–Trinajstić information content (AvgIpc) is 3.15. The van der Waals surface area contributed by atoms with Crippen LogP contribution in [0.4, 0.5) is 5.69 Å². The fourth-order valence-electron chi connectivity index (χ4n) is 4.74. The first-order valence-electron chi connectivity index (χ1n) is 10.6. The van der Waals surface area contributed by atoms with Gasteiger partial charge in [-0.15, -0.1) is 0 Å². The first kappa shape index (κ1) is 19.0. The molecule has 3 amide bonds. The highest BCUT2D eigenvalue weighted by atomic mass is 16.2. The van der Waals surface area contributed by atoms with Crippen LogP contribution in [0.15, 0.2) is 30.3 Å². The minimum atomic E-state index is -0.284. The van der Waals surface area contributed by atoms with Crippen LogP contribution in [-0.4, -0.2) is 60.2 Å². The predicted octanol–water partition coefficient (Wildman–Crippen LogP) is 2.29. The summed E-state index contributed by atoms with van der Waals surface area (Å²) in [6, 6.07) is 9.53. The van der Waals surface area contributed by atoms with Crippen LogP contribution in [0, 0.1) is 11.8 Å². The zero-order valence-electron chi connectivity index (χ0n) is 16.4. The van der Waals surface area contributed by atoms with E-state index >= 15 is 0 Å². The van der Waals surface area contributed by atoms with Crippen molar-refractivity contribution in [1.82, 2.24) is 9.80 Å². The lowest BCUT2D eigenvalue weighted by Crippen LogP contribution is -2.53. The van der Waals surface area contributed by atoms with Gasteiger partial charge in [-0.2, -0.15) is 0 Å². The zero-order chi connectivity index (χ0) is 19.5. The van der Waals surface area contributed by atoms with Gasteiger partial charge in [0.05, 0.1) is 5.92 Å². The maximum Gasteiger partial charge on any atom is 0.228 e. The van der Waals surface area contributed by atoms with E-state index in [1.165, 1.54) is 6.42 Å². The summed E-state index contributed by atoms with van der Waals surface area (Å²) in [5.41, 5.74) is 0.852. The Morgan fingerprint density at radius 2 is 1.36 bits per heavy atom. The molecule has 2 saturated heterocycles. The van der Waals surface area contributed by atoms with E-state index in [1.54, 1.807) is 4.90 Å². The highest BCUT2D eigenvalue weighted by molar-refractivity contribution is 6.00. The van der Waals surface area contributed by atoms with Crippen LogP contribution in [0.25, 0.3) is 0 Å². The summed E-state index contributed by atoms with van der Waals surface area (Å²) in [6.07, 6.45) is 5.85. The van der Waals surface area contributed by atoms with Crippen LogP contribution < -0.4 is 4.90 Å². The summed E-state index contributed by atoms with van der Waals surface area (Å²) >= 11 is 0. The van der Waals surface area contributed by atoms with E-state index in [2.05, 4.69) is 0 Å². The topological polar surface area (TPSA) is 60.9 Å². The number of nitrogens with zero attached hydrogens (tertiary/aromatic N) is 3. The van der Waals surface area contributed by atoms with Crippen LogP contribution in [0.3, 0.4) is 0 Å². The van der Waals surface area contributed by atoms with Gasteiger partial charge >= 0.3 is 0 Å². The minimum absolute atomic E-state index is 0.00987. The third kappa shape index (κ3) is 3.91. The Kier molecular flexibility index (Phi) is 5.64. The molecule has 1 saturated carbocycles. The van der Waals surface area contributed by atoms with Gasteiger partial charge in [0.25, 0.3) is 0 Å². The summed E-state index contributed by atoms with van der Waals surface area (Å²) < 4.78 is 0. The Bertz CT molecular complexity index is 722. The first-order chi connectivity index (χ1) is 13.6. The first-order valence-corrected chi connectivity index (χ1v) is 10.6. The fraction of sp³-hybridized carbons (Fsp3) is 0.591. The monoisotopic (exact) mass is 383 g/mol.